The van der Waals surface area contributed by atoms with Crippen molar-refractivity contribution in [1.29, 1.82) is 0 Å². The third kappa shape index (κ3) is 8.10. The zero-order chi connectivity index (χ0) is 27.8. The second-order valence-electron chi connectivity index (χ2n) is 9.03. The quantitative estimate of drug-likeness (QED) is 0.247. The molecule has 3 aromatic carbocycles. The predicted molar refractivity (Wildman–Crippen MR) is 150 cm³/mol. The third-order valence-electron chi connectivity index (χ3n) is 5.53. The molecule has 1 aromatic heterocycles. The van der Waals surface area contributed by atoms with Gasteiger partial charge in [-0.2, -0.15) is 0 Å². The summed E-state index contributed by atoms with van der Waals surface area (Å²) < 4.78 is 19.2. The first-order valence-corrected chi connectivity index (χ1v) is 12.5. The van der Waals surface area contributed by atoms with E-state index in [1.807, 2.05) is 0 Å². The summed E-state index contributed by atoms with van der Waals surface area (Å²) in [6.45, 7) is 0.681. The van der Waals surface area contributed by atoms with Gasteiger partial charge in [0.15, 0.2) is 0 Å². The number of aromatic nitrogens is 2. The summed E-state index contributed by atoms with van der Waals surface area (Å²) in [4.78, 5) is 34.5. The van der Waals surface area contributed by atoms with Crippen molar-refractivity contribution in [3.05, 3.63) is 83.4 Å². The highest BCUT2D eigenvalue weighted by Crippen LogP contribution is 2.31. The molecule has 0 fully saturated rings. The maximum absolute atomic E-state index is 13.4. The Balaban J connectivity index is 1.40. The molecule has 0 radical (unpaired) electrons. The number of rotatable bonds is 11. The first kappa shape index (κ1) is 27.7. The number of ether oxygens (including phenoxy) is 1. The molecule has 1 heterocycles. The average Bonchev–Trinajstić information content (AvgIpc) is 2.88. The van der Waals surface area contributed by atoms with Gasteiger partial charge in [0, 0.05) is 29.7 Å². The van der Waals surface area contributed by atoms with Gasteiger partial charge in [-0.3, -0.25) is 9.59 Å². The standard InChI is InChI=1S/C28H28ClFN6O3/c1-36(2)15-27(38)31-11-10-26(37)34-20-6-8-24-22(13-20)28(33-17-32-24)35-21-7-9-25(23(29)14-21)39-16-18-4-3-5-19(30)12-18/h3-9,12-14,17H,10-11,15-16H2,1-2H3,(H,31,38)(H,34,37)(H,32,33,35). The number of hydrogen-bond acceptors (Lipinski definition) is 7. The first-order chi connectivity index (χ1) is 18.8. The van der Waals surface area contributed by atoms with Gasteiger partial charge in [-0.1, -0.05) is 23.7 Å². The Kier molecular flexibility index (Phi) is 9.24. The topological polar surface area (TPSA) is 108 Å². The van der Waals surface area contributed by atoms with Gasteiger partial charge < -0.3 is 25.6 Å². The highest BCUT2D eigenvalue weighted by molar-refractivity contribution is 6.32. The summed E-state index contributed by atoms with van der Waals surface area (Å²) in [7, 11) is 3.60. The van der Waals surface area contributed by atoms with E-state index in [4.69, 9.17) is 16.3 Å². The van der Waals surface area contributed by atoms with Crippen LogP contribution in [0.15, 0.2) is 67.0 Å². The van der Waals surface area contributed by atoms with Crippen molar-refractivity contribution in [2.75, 3.05) is 37.8 Å². The number of nitrogens with one attached hydrogen (secondary N) is 3. The Hall–Kier alpha value is -4.28. The number of nitrogens with zero attached hydrogens (tertiary/aromatic N) is 3. The Labute approximate surface area is 230 Å². The molecule has 0 bridgehead atoms. The van der Waals surface area contributed by atoms with Crippen molar-refractivity contribution in [2.45, 2.75) is 13.0 Å². The van der Waals surface area contributed by atoms with Crippen LogP contribution in [0.25, 0.3) is 10.9 Å². The minimum Gasteiger partial charge on any atom is -0.487 e. The molecule has 0 atom stereocenters. The molecule has 11 heteroatoms. The second kappa shape index (κ2) is 13.0. The molecule has 0 aliphatic heterocycles. The molecular formula is C28H28ClFN6O3. The number of halogens is 2. The Morgan fingerprint density at radius 2 is 1.82 bits per heavy atom. The number of hydrogen-bond donors (Lipinski definition) is 3. The summed E-state index contributed by atoms with van der Waals surface area (Å²) in [6, 6.07) is 16.7. The van der Waals surface area contributed by atoms with Crippen LogP contribution in [0.2, 0.25) is 5.02 Å². The summed E-state index contributed by atoms with van der Waals surface area (Å²) in [5.41, 5.74) is 2.62. The summed E-state index contributed by atoms with van der Waals surface area (Å²) >= 11 is 6.43. The molecule has 39 heavy (non-hydrogen) atoms. The molecule has 9 nitrogen and oxygen atoms in total. The van der Waals surface area contributed by atoms with Crippen LogP contribution in [0.5, 0.6) is 5.75 Å². The van der Waals surface area contributed by atoms with Crippen molar-refractivity contribution in [3.63, 3.8) is 0 Å². The Morgan fingerprint density at radius 3 is 2.59 bits per heavy atom. The fourth-order valence-corrected chi connectivity index (χ4v) is 3.97. The van der Waals surface area contributed by atoms with Gasteiger partial charge in [0.2, 0.25) is 11.8 Å². The lowest BCUT2D eigenvalue weighted by atomic mass is 10.2. The van der Waals surface area contributed by atoms with E-state index in [1.165, 1.54) is 18.5 Å². The highest BCUT2D eigenvalue weighted by Gasteiger charge is 2.11. The lowest BCUT2D eigenvalue weighted by Crippen LogP contribution is -2.34. The Bertz CT molecular complexity index is 1480. The van der Waals surface area contributed by atoms with E-state index in [9.17, 15) is 14.0 Å². The predicted octanol–water partition coefficient (Wildman–Crippen LogP) is 4.75. The molecular weight excluding hydrogens is 523 g/mol. The van der Waals surface area contributed by atoms with Crippen molar-refractivity contribution in [2.24, 2.45) is 0 Å². The van der Waals surface area contributed by atoms with Crippen LogP contribution >= 0.6 is 11.6 Å². The van der Waals surface area contributed by atoms with Crippen LogP contribution in [0.3, 0.4) is 0 Å². The molecule has 2 amide bonds. The summed E-state index contributed by atoms with van der Waals surface area (Å²) in [5, 5.41) is 9.86. The second-order valence-corrected chi connectivity index (χ2v) is 9.44. The molecule has 0 saturated carbocycles. The van der Waals surface area contributed by atoms with Crippen LogP contribution in [-0.4, -0.2) is 53.9 Å². The van der Waals surface area contributed by atoms with Crippen LogP contribution in [-0.2, 0) is 16.2 Å². The van der Waals surface area contributed by atoms with E-state index in [-0.39, 0.29) is 43.7 Å². The first-order valence-electron chi connectivity index (χ1n) is 12.2. The SMILES string of the molecule is CN(C)CC(=O)NCCC(=O)Nc1ccc2ncnc(Nc3ccc(OCc4cccc(F)c4)c(Cl)c3)c2c1. The molecule has 202 valence electrons. The molecule has 3 N–H and O–H groups in total. The Morgan fingerprint density at radius 1 is 1.00 bits per heavy atom. The van der Waals surface area contributed by atoms with E-state index in [1.54, 1.807) is 67.5 Å². The van der Waals surface area contributed by atoms with E-state index in [0.29, 0.717) is 44.4 Å². The van der Waals surface area contributed by atoms with E-state index >= 15 is 0 Å². The number of carbonyl (C=O) groups excluding carboxylic acids is 2. The molecule has 0 spiro atoms. The molecule has 4 aromatic rings. The number of fused-ring (bicyclic) bond motifs is 1. The van der Waals surface area contributed by atoms with Crippen molar-refractivity contribution >= 4 is 51.5 Å². The van der Waals surface area contributed by atoms with E-state index in [0.717, 1.165) is 0 Å². The van der Waals surface area contributed by atoms with Gasteiger partial charge in [-0.25, -0.2) is 14.4 Å². The minimum atomic E-state index is -0.328. The smallest absolute Gasteiger partial charge is 0.234 e. The van der Waals surface area contributed by atoms with Crippen molar-refractivity contribution < 1.29 is 18.7 Å². The third-order valence-corrected chi connectivity index (χ3v) is 5.83. The number of carbonyl (C=O) groups is 2. The number of likely N-dealkylation sites (N-methyl/N-ethyl adjacent to an activating group) is 1. The van der Waals surface area contributed by atoms with Gasteiger partial charge in [0.1, 0.15) is 30.3 Å². The van der Waals surface area contributed by atoms with Gasteiger partial charge >= 0.3 is 0 Å². The van der Waals surface area contributed by atoms with Crippen LogP contribution in [0.4, 0.5) is 21.6 Å². The lowest BCUT2D eigenvalue weighted by molar-refractivity contribution is -0.121. The van der Waals surface area contributed by atoms with Crippen LogP contribution < -0.4 is 20.7 Å². The normalized spacial score (nSPS) is 10.9. The van der Waals surface area contributed by atoms with Crippen LogP contribution in [0.1, 0.15) is 12.0 Å². The monoisotopic (exact) mass is 550 g/mol. The zero-order valence-electron chi connectivity index (χ0n) is 21.5. The molecule has 0 unspecified atom stereocenters. The summed E-state index contributed by atoms with van der Waals surface area (Å²) in [5.74, 6) is 0.285. The van der Waals surface area contributed by atoms with Crippen LogP contribution in [0, 0.1) is 5.82 Å². The van der Waals surface area contributed by atoms with Gasteiger partial charge in [-0.05, 0) is 68.2 Å². The molecule has 0 aliphatic carbocycles. The van der Waals surface area contributed by atoms with Gasteiger partial charge in [-0.15, -0.1) is 0 Å². The van der Waals surface area contributed by atoms with E-state index in [2.05, 4.69) is 25.9 Å². The van der Waals surface area contributed by atoms with Crippen molar-refractivity contribution in [3.8, 4) is 5.75 Å². The van der Waals surface area contributed by atoms with Crippen molar-refractivity contribution in [1.82, 2.24) is 20.2 Å². The minimum absolute atomic E-state index is 0.139. The summed E-state index contributed by atoms with van der Waals surface area (Å²) in [6.07, 6.45) is 1.58. The average molecular weight is 551 g/mol. The number of amides is 2. The highest BCUT2D eigenvalue weighted by atomic mass is 35.5. The fourth-order valence-electron chi connectivity index (χ4n) is 3.74. The van der Waals surface area contributed by atoms with Gasteiger partial charge in [0.25, 0.3) is 0 Å². The van der Waals surface area contributed by atoms with Gasteiger partial charge in [0.05, 0.1) is 17.1 Å². The molecule has 0 saturated heterocycles. The molecule has 4 rings (SSSR count). The van der Waals surface area contributed by atoms with E-state index < -0.39 is 0 Å². The maximum atomic E-state index is 13.4. The fraction of sp³-hybridized carbons (Fsp3) is 0.214. The number of benzene rings is 3. The molecule has 0 aliphatic rings. The lowest BCUT2D eigenvalue weighted by Gasteiger charge is -2.13. The largest absolute Gasteiger partial charge is 0.487 e. The maximum Gasteiger partial charge on any atom is 0.234 e. The number of anilines is 3. The zero-order valence-corrected chi connectivity index (χ0v) is 22.3.